The third-order valence-corrected chi connectivity index (χ3v) is 1.99. The van der Waals surface area contributed by atoms with E-state index in [1.807, 2.05) is 13.8 Å². The first-order valence-electron chi connectivity index (χ1n) is 4.70. The Morgan fingerprint density at radius 1 is 1.47 bits per heavy atom. The van der Waals surface area contributed by atoms with Gasteiger partial charge in [0.25, 0.3) is 0 Å². The summed E-state index contributed by atoms with van der Waals surface area (Å²) in [6.45, 7) is 3.84. The molecule has 1 heterocycles. The van der Waals surface area contributed by atoms with Gasteiger partial charge in [-0.15, -0.1) is 0 Å². The smallest absolute Gasteiger partial charge is 0.140 e. The second-order valence-corrected chi connectivity index (χ2v) is 3.62. The topological polar surface area (TPSA) is 73.3 Å². The molecule has 0 fully saturated rings. The molecule has 0 aliphatic rings. The normalized spacial score (nSPS) is 11.1. The first kappa shape index (κ1) is 9.64. The highest BCUT2D eigenvalue weighted by Gasteiger charge is 2.08. The summed E-state index contributed by atoms with van der Waals surface area (Å²) in [6.07, 6.45) is 1.60. The van der Waals surface area contributed by atoms with Gasteiger partial charge in [0.05, 0.1) is 11.2 Å². The molecule has 0 spiro atoms. The Labute approximate surface area is 87.0 Å². The number of aromatic nitrogens is 2. The van der Waals surface area contributed by atoms with Crippen LogP contribution >= 0.6 is 0 Å². The molecule has 15 heavy (non-hydrogen) atoms. The summed E-state index contributed by atoms with van der Waals surface area (Å²) < 4.78 is 1.53. The molecule has 1 aromatic heterocycles. The van der Waals surface area contributed by atoms with Crippen molar-refractivity contribution in [3.63, 3.8) is 0 Å². The standard InChI is InChI=1S/C10H13N3O2/c1-6(2)15-13-5-12-8-3-7(11)10(14)4-9(8)13/h3-6,14H,11H2,1-2H3. The van der Waals surface area contributed by atoms with Crippen LogP contribution in [0.15, 0.2) is 18.5 Å². The van der Waals surface area contributed by atoms with E-state index in [0.29, 0.717) is 16.7 Å². The van der Waals surface area contributed by atoms with Crippen molar-refractivity contribution in [1.29, 1.82) is 0 Å². The number of hydrogen-bond donors (Lipinski definition) is 2. The van der Waals surface area contributed by atoms with Crippen LogP contribution in [0.1, 0.15) is 13.8 Å². The van der Waals surface area contributed by atoms with Gasteiger partial charge in [-0.2, -0.15) is 4.73 Å². The van der Waals surface area contributed by atoms with Crippen LogP contribution in [0, 0.1) is 0 Å². The maximum Gasteiger partial charge on any atom is 0.140 e. The molecule has 1 aromatic carbocycles. The molecule has 0 bridgehead atoms. The molecule has 0 aliphatic carbocycles. The minimum absolute atomic E-state index is 0.0385. The maximum absolute atomic E-state index is 9.47. The lowest BCUT2D eigenvalue weighted by Crippen LogP contribution is -2.17. The van der Waals surface area contributed by atoms with Crippen LogP contribution in [0.2, 0.25) is 0 Å². The van der Waals surface area contributed by atoms with Gasteiger partial charge in [-0.05, 0) is 19.9 Å². The molecule has 2 rings (SSSR count). The molecule has 0 saturated heterocycles. The average Bonchev–Trinajstić information content (AvgIpc) is 2.49. The van der Waals surface area contributed by atoms with Crippen LogP contribution < -0.4 is 10.6 Å². The minimum Gasteiger partial charge on any atom is -0.506 e. The predicted molar refractivity (Wildman–Crippen MR) is 57.5 cm³/mol. The SMILES string of the molecule is CC(C)On1cnc2cc(N)c(O)cc21. The lowest BCUT2D eigenvalue weighted by Gasteiger charge is -2.10. The van der Waals surface area contributed by atoms with E-state index in [9.17, 15) is 5.11 Å². The lowest BCUT2D eigenvalue weighted by molar-refractivity contribution is 0.0674. The molecule has 80 valence electrons. The van der Waals surface area contributed by atoms with Crippen molar-refractivity contribution in [3.8, 4) is 5.75 Å². The van der Waals surface area contributed by atoms with Gasteiger partial charge >= 0.3 is 0 Å². The largest absolute Gasteiger partial charge is 0.506 e. The fourth-order valence-corrected chi connectivity index (χ4v) is 1.35. The zero-order valence-corrected chi connectivity index (χ0v) is 8.64. The number of aromatic hydroxyl groups is 1. The van der Waals surface area contributed by atoms with Crippen molar-refractivity contribution in [2.45, 2.75) is 20.0 Å². The predicted octanol–water partition coefficient (Wildman–Crippen LogP) is 1.16. The fraction of sp³-hybridized carbons (Fsp3) is 0.300. The second-order valence-electron chi connectivity index (χ2n) is 3.62. The Bertz CT molecular complexity index is 491. The van der Waals surface area contributed by atoms with E-state index >= 15 is 0 Å². The van der Waals surface area contributed by atoms with E-state index in [4.69, 9.17) is 10.6 Å². The van der Waals surface area contributed by atoms with Crippen molar-refractivity contribution >= 4 is 16.7 Å². The molecular weight excluding hydrogens is 194 g/mol. The van der Waals surface area contributed by atoms with E-state index in [1.54, 1.807) is 18.5 Å². The quantitative estimate of drug-likeness (QED) is 0.572. The number of hydrogen-bond acceptors (Lipinski definition) is 4. The highest BCUT2D eigenvalue weighted by atomic mass is 16.7. The number of nitrogen functional groups attached to an aromatic ring is 1. The summed E-state index contributed by atoms with van der Waals surface area (Å²) in [7, 11) is 0. The first-order valence-corrected chi connectivity index (χ1v) is 4.70. The Hall–Kier alpha value is -1.91. The number of fused-ring (bicyclic) bond motifs is 1. The van der Waals surface area contributed by atoms with Crippen molar-refractivity contribution < 1.29 is 9.94 Å². The summed E-state index contributed by atoms with van der Waals surface area (Å²) >= 11 is 0. The zero-order valence-electron chi connectivity index (χ0n) is 8.64. The van der Waals surface area contributed by atoms with Crippen molar-refractivity contribution in [2.75, 3.05) is 5.73 Å². The van der Waals surface area contributed by atoms with Gasteiger partial charge in [0.15, 0.2) is 0 Å². The number of nitrogens with two attached hydrogens (primary N) is 1. The molecule has 2 aromatic rings. The van der Waals surface area contributed by atoms with Gasteiger partial charge in [-0.3, -0.25) is 0 Å². The monoisotopic (exact) mass is 207 g/mol. The minimum atomic E-state index is 0.0385. The Morgan fingerprint density at radius 3 is 2.87 bits per heavy atom. The molecule has 3 N–H and O–H groups in total. The number of nitrogens with zero attached hydrogens (tertiary/aromatic N) is 2. The number of phenols is 1. The summed E-state index contributed by atoms with van der Waals surface area (Å²) in [4.78, 5) is 9.59. The van der Waals surface area contributed by atoms with E-state index < -0.39 is 0 Å². The Morgan fingerprint density at radius 2 is 2.20 bits per heavy atom. The van der Waals surface area contributed by atoms with E-state index in [-0.39, 0.29) is 11.9 Å². The fourth-order valence-electron chi connectivity index (χ4n) is 1.35. The first-order chi connectivity index (χ1) is 7.08. The Balaban J connectivity index is 2.54. The third kappa shape index (κ3) is 1.68. The van der Waals surface area contributed by atoms with Gasteiger partial charge in [0.2, 0.25) is 0 Å². The van der Waals surface area contributed by atoms with Gasteiger partial charge in [0.1, 0.15) is 23.7 Å². The summed E-state index contributed by atoms with van der Waals surface area (Å²) in [5.41, 5.74) is 7.28. The number of imidazole rings is 1. The molecule has 0 unspecified atom stereocenters. The molecular formula is C10H13N3O2. The summed E-state index contributed by atoms with van der Waals surface area (Å²) in [5.74, 6) is 0.0385. The van der Waals surface area contributed by atoms with Crippen LogP contribution in [-0.2, 0) is 0 Å². The van der Waals surface area contributed by atoms with Gasteiger partial charge in [-0.1, -0.05) is 0 Å². The van der Waals surface area contributed by atoms with E-state index in [1.165, 1.54) is 4.73 Å². The van der Waals surface area contributed by atoms with Crippen LogP contribution in [0.3, 0.4) is 0 Å². The molecule has 0 atom stereocenters. The van der Waals surface area contributed by atoms with Crippen LogP contribution in [-0.4, -0.2) is 20.9 Å². The summed E-state index contributed by atoms with van der Waals surface area (Å²) in [6, 6.07) is 3.16. The van der Waals surface area contributed by atoms with E-state index in [0.717, 1.165) is 0 Å². The Kier molecular flexibility index (Phi) is 2.15. The number of anilines is 1. The second kappa shape index (κ2) is 3.34. The third-order valence-electron chi connectivity index (χ3n) is 1.99. The molecule has 0 aliphatic heterocycles. The number of benzene rings is 1. The van der Waals surface area contributed by atoms with Crippen molar-refractivity contribution in [1.82, 2.24) is 9.71 Å². The van der Waals surface area contributed by atoms with Gasteiger partial charge in [0, 0.05) is 6.07 Å². The van der Waals surface area contributed by atoms with Crippen molar-refractivity contribution in [3.05, 3.63) is 18.5 Å². The summed E-state index contributed by atoms with van der Waals surface area (Å²) in [5, 5.41) is 9.47. The van der Waals surface area contributed by atoms with E-state index in [2.05, 4.69) is 4.98 Å². The highest BCUT2D eigenvalue weighted by Crippen LogP contribution is 2.25. The number of phenolic OH excluding ortho intramolecular Hbond substituents is 1. The molecule has 5 nitrogen and oxygen atoms in total. The maximum atomic E-state index is 9.47. The highest BCUT2D eigenvalue weighted by molar-refractivity contribution is 5.82. The zero-order chi connectivity index (χ0) is 11.0. The van der Waals surface area contributed by atoms with Crippen LogP contribution in [0.4, 0.5) is 5.69 Å². The molecule has 0 amide bonds. The van der Waals surface area contributed by atoms with Crippen LogP contribution in [0.25, 0.3) is 11.0 Å². The number of rotatable bonds is 2. The molecule has 5 heteroatoms. The van der Waals surface area contributed by atoms with Crippen molar-refractivity contribution in [2.24, 2.45) is 0 Å². The van der Waals surface area contributed by atoms with Gasteiger partial charge < -0.3 is 15.7 Å². The van der Waals surface area contributed by atoms with Gasteiger partial charge in [-0.25, -0.2) is 4.98 Å². The lowest BCUT2D eigenvalue weighted by atomic mass is 10.2. The average molecular weight is 207 g/mol. The van der Waals surface area contributed by atoms with Crippen LogP contribution in [0.5, 0.6) is 5.75 Å². The molecule has 0 radical (unpaired) electrons. The molecule has 0 saturated carbocycles.